The lowest BCUT2D eigenvalue weighted by atomic mass is 9.99. The maximum atomic E-state index is 13.0. The number of nitrogens with one attached hydrogen (secondary N) is 1. The zero-order valence-electron chi connectivity index (χ0n) is 15.2. The van der Waals surface area contributed by atoms with E-state index in [1.54, 1.807) is 30.5 Å². The van der Waals surface area contributed by atoms with Gasteiger partial charge in [-0.3, -0.25) is 9.78 Å². The molecule has 0 unspecified atom stereocenters. The number of hydrogen-bond donors (Lipinski definition) is 2. The first-order chi connectivity index (χ1) is 13.5. The second-order valence-corrected chi connectivity index (χ2v) is 5.94. The van der Waals surface area contributed by atoms with Crippen LogP contribution in [0.15, 0.2) is 73.5 Å². The minimum Gasteiger partial charge on any atom is -0.497 e. The number of methoxy groups -OCH3 is 1. The van der Waals surface area contributed by atoms with Gasteiger partial charge in [0.1, 0.15) is 5.75 Å². The van der Waals surface area contributed by atoms with Crippen LogP contribution in [0.5, 0.6) is 5.75 Å². The molecule has 6 nitrogen and oxygen atoms in total. The Hall–Kier alpha value is -3.93. The van der Waals surface area contributed by atoms with Crippen molar-refractivity contribution in [2.75, 3.05) is 12.4 Å². The SMILES string of the molecule is C=C(/C=C/C(=O)O)c1cc(OC)ccc1C(=O)Nc1cccc2cccnc12. The molecule has 3 aromatic rings. The molecule has 0 aliphatic rings. The molecule has 140 valence electrons. The Kier molecular flexibility index (Phi) is 5.50. The fraction of sp³-hybridized carbons (Fsp3) is 0.0455. The maximum Gasteiger partial charge on any atom is 0.328 e. The van der Waals surface area contributed by atoms with Crippen LogP contribution < -0.4 is 10.1 Å². The molecule has 0 fully saturated rings. The molecule has 2 aromatic carbocycles. The second kappa shape index (κ2) is 8.18. The van der Waals surface area contributed by atoms with Crippen molar-refractivity contribution in [3.8, 4) is 5.75 Å². The van der Waals surface area contributed by atoms with Crippen LogP contribution in [0, 0.1) is 0 Å². The van der Waals surface area contributed by atoms with E-state index >= 15 is 0 Å². The number of carbonyl (C=O) groups excluding carboxylic acids is 1. The fourth-order valence-corrected chi connectivity index (χ4v) is 2.77. The topological polar surface area (TPSA) is 88.5 Å². The number of rotatable bonds is 6. The van der Waals surface area contributed by atoms with Gasteiger partial charge in [0, 0.05) is 23.2 Å². The number of fused-ring (bicyclic) bond motifs is 1. The van der Waals surface area contributed by atoms with Crippen LogP contribution >= 0.6 is 0 Å². The van der Waals surface area contributed by atoms with E-state index in [0.29, 0.717) is 33.7 Å². The van der Waals surface area contributed by atoms with E-state index in [1.807, 2.05) is 24.3 Å². The van der Waals surface area contributed by atoms with Crippen molar-refractivity contribution < 1.29 is 19.4 Å². The monoisotopic (exact) mass is 374 g/mol. The summed E-state index contributed by atoms with van der Waals surface area (Å²) in [6.45, 7) is 3.87. The summed E-state index contributed by atoms with van der Waals surface area (Å²) in [5, 5.41) is 12.6. The fourth-order valence-electron chi connectivity index (χ4n) is 2.77. The summed E-state index contributed by atoms with van der Waals surface area (Å²) in [4.78, 5) is 28.1. The number of anilines is 1. The average molecular weight is 374 g/mol. The van der Waals surface area contributed by atoms with E-state index in [-0.39, 0.29) is 5.91 Å². The maximum absolute atomic E-state index is 13.0. The number of aromatic nitrogens is 1. The molecule has 1 heterocycles. The van der Waals surface area contributed by atoms with E-state index < -0.39 is 5.97 Å². The Balaban J connectivity index is 1.99. The molecule has 0 atom stereocenters. The van der Waals surface area contributed by atoms with Crippen molar-refractivity contribution in [2.24, 2.45) is 0 Å². The molecule has 0 saturated carbocycles. The van der Waals surface area contributed by atoms with Crippen LogP contribution in [0.1, 0.15) is 15.9 Å². The van der Waals surface area contributed by atoms with Crippen molar-refractivity contribution in [1.82, 2.24) is 4.98 Å². The van der Waals surface area contributed by atoms with Crippen LogP contribution in [0.4, 0.5) is 5.69 Å². The Morgan fingerprint density at radius 3 is 2.64 bits per heavy atom. The average Bonchev–Trinajstić information content (AvgIpc) is 2.71. The van der Waals surface area contributed by atoms with Gasteiger partial charge in [0.15, 0.2) is 0 Å². The quantitative estimate of drug-likeness (QED) is 0.500. The summed E-state index contributed by atoms with van der Waals surface area (Å²) in [6.07, 6.45) is 3.97. The Bertz CT molecular complexity index is 1100. The van der Waals surface area contributed by atoms with Crippen LogP contribution in [0.2, 0.25) is 0 Å². The van der Waals surface area contributed by atoms with E-state index in [9.17, 15) is 9.59 Å². The number of allylic oxidation sites excluding steroid dienone is 2. The molecule has 6 heteroatoms. The number of benzene rings is 2. The van der Waals surface area contributed by atoms with E-state index in [2.05, 4.69) is 16.9 Å². The molecule has 0 spiro atoms. The highest BCUT2D eigenvalue weighted by molar-refractivity contribution is 6.11. The lowest BCUT2D eigenvalue weighted by Crippen LogP contribution is -2.14. The molecular weight excluding hydrogens is 356 g/mol. The van der Waals surface area contributed by atoms with Gasteiger partial charge in [-0.15, -0.1) is 0 Å². The Morgan fingerprint density at radius 2 is 1.89 bits per heavy atom. The zero-order chi connectivity index (χ0) is 20.1. The number of carboxylic acids is 1. The van der Waals surface area contributed by atoms with Crippen molar-refractivity contribution in [3.63, 3.8) is 0 Å². The minimum atomic E-state index is -1.10. The Morgan fingerprint density at radius 1 is 1.11 bits per heavy atom. The zero-order valence-corrected chi connectivity index (χ0v) is 15.2. The van der Waals surface area contributed by atoms with Gasteiger partial charge in [-0.2, -0.15) is 0 Å². The largest absolute Gasteiger partial charge is 0.497 e. The number of carbonyl (C=O) groups is 2. The smallest absolute Gasteiger partial charge is 0.328 e. The number of pyridine rings is 1. The van der Waals surface area contributed by atoms with Gasteiger partial charge in [-0.25, -0.2) is 4.79 Å². The number of para-hydroxylation sites is 1. The summed E-state index contributed by atoms with van der Waals surface area (Å²) >= 11 is 0. The lowest BCUT2D eigenvalue weighted by molar-refractivity contribution is -0.131. The Labute approximate surface area is 161 Å². The molecule has 0 bridgehead atoms. The normalized spacial score (nSPS) is 10.8. The highest BCUT2D eigenvalue weighted by atomic mass is 16.5. The van der Waals surface area contributed by atoms with Gasteiger partial charge in [-0.05, 0) is 47.5 Å². The standard InChI is InChI=1S/C22H18N2O4/c1-14(8-11-20(25)26)18-13-16(28-2)9-10-17(18)22(27)24-19-7-3-5-15-6-4-12-23-21(15)19/h3-13H,1H2,2H3,(H,24,27)(H,25,26)/b11-8+. The third-order valence-electron chi connectivity index (χ3n) is 4.13. The van der Waals surface area contributed by atoms with Gasteiger partial charge >= 0.3 is 5.97 Å². The minimum absolute atomic E-state index is 0.341. The van der Waals surface area contributed by atoms with Crippen LogP contribution in [-0.2, 0) is 4.79 Å². The molecule has 0 radical (unpaired) electrons. The third kappa shape index (κ3) is 4.07. The predicted molar refractivity (Wildman–Crippen MR) is 109 cm³/mol. The van der Waals surface area contributed by atoms with Gasteiger partial charge in [0.25, 0.3) is 5.91 Å². The molecule has 0 aliphatic heterocycles. The number of aliphatic carboxylic acids is 1. The van der Waals surface area contributed by atoms with E-state index in [4.69, 9.17) is 9.84 Å². The summed E-state index contributed by atoms with van der Waals surface area (Å²) in [5.74, 6) is -0.930. The molecule has 0 aliphatic carbocycles. The van der Waals surface area contributed by atoms with Gasteiger partial charge in [-0.1, -0.05) is 24.8 Å². The first-order valence-corrected chi connectivity index (χ1v) is 8.43. The number of hydrogen-bond acceptors (Lipinski definition) is 4. The first kappa shape index (κ1) is 18.8. The molecule has 28 heavy (non-hydrogen) atoms. The van der Waals surface area contributed by atoms with Crippen LogP contribution in [-0.4, -0.2) is 29.1 Å². The molecule has 3 rings (SSSR count). The van der Waals surface area contributed by atoms with Gasteiger partial charge in [0.2, 0.25) is 0 Å². The van der Waals surface area contributed by atoms with Crippen LogP contribution in [0.3, 0.4) is 0 Å². The number of carboxylic acid groups (broad SMARTS) is 1. The van der Waals surface area contributed by atoms with Gasteiger partial charge in [0.05, 0.1) is 18.3 Å². The second-order valence-electron chi connectivity index (χ2n) is 5.94. The lowest BCUT2D eigenvalue weighted by Gasteiger charge is -2.13. The molecular formula is C22H18N2O4. The van der Waals surface area contributed by atoms with Crippen LogP contribution in [0.25, 0.3) is 16.5 Å². The number of nitrogens with zero attached hydrogens (tertiary/aromatic N) is 1. The molecule has 1 aromatic heterocycles. The molecule has 0 saturated heterocycles. The van der Waals surface area contributed by atoms with Crippen molar-refractivity contribution >= 4 is 34.0 Å². The summed E-state index contributed by atoms with van der Waals surface area (Å²) in [5.41, 5.74) is 2.45. The molecule has 1 amide bonds. The van der Waals surface area contributed by atoms with E-state index in [1.165, 1.54) is 13.2 Å². The van der Waals surface area contributed by atoms with Crippen molar-refractivity contribution in [2.45, 2.75) is 0 Å². The van der Waals surface area contributed by atoms with E-state index in [0.717, 1.165) is 11.5 Å². The summed E-state index contributed by atoms with van der Waals surface area (Å²) in [6, 6.07) is 14.2. The summed E-state index contributed by atoms with van der Waals surface area (Å²) in [7, 11) is 1.51. The number of amides is 1. The number of ether oxygens (including phenoxy) is 1. The highest BCUT2D eigenvalue weighted by Crippen LogP contribution is 2.27. The van der Waals surface area contributed by atoms with Crippen molar-refractivity contribution in [1.29, 1.82) is 0 Å². The summed E-state index contributed by atoms with van der Waals surface area (Å²) < 4.78 is 5.22. The predicted octanol–water partition coefficient (Wildman–Crippen LogP) is 4.15. The third-order valence-corrected chi connectivity index (χ3v) is 4.13. The van der Waals surface area contributed by atoms with Gasteiger partial charge < -0.3 is 15.2 Å². The first-order valence-electron chi connectivity index (χ1n) is 8.43. The van der Waals surface area contributed by atoms with Crippen molar-refractivity contribution in [3.05, 3.63) is 84.6 Å². The molecule has 2 N–H and O–H groups in total. The highest BCUT2D eigenvalue weighted by Gasteiger charge is 2.15.